The molecule has 3 aliphatic heterocycles. The highest BCUT2D eigenvalue weighted by Crippen LogP contribution is 2.27. The summed E-state index contributed by atoms with van der Waals surface area (Å²) in [6.07, 6.45) is 1.51. The van der Waals surface area contributed by atoms with Gasteiger partial charge in [0.25, 0.3) is 5.91 Å². The normalized spacial score (nSPS) is 24.1. The zero-order valence-corrected chi connectivity index (χ0v) is 14.7. The fourth-order valence-electron chi connectivity index (χ4n) is 3.76. The molecular weight excluding hydrogens is 340 g/mol. The van der Waals surface area contributed by atoms with Gasteiger partial charge in [0.2, 0.25) is 17.6 Å². The molecule has 9 nitrogen and oxygen atoms in total. The Morgan fingerprint density at radius 1 is 1.15 bits per heavy atom. The van der Waals surface area contributed by atoms with Crippen molar-refractivity contribution in [2.45, 2.75) is 19.4 Å². The van der Waals surface area contributed by atoms with Crippen LogP contribution in [0.1, 0.15) is 22.7 Å². The number of oxazole rings is 1. The molecule has 1 aromatic heterocycles. The van der Waals surface area contributed by atoms with E-state index in [1.807, 2.05) is 0 Å². The number of aryl methyl sites for hydroxylation is 1. The number of likely N-dealkylation sites (tertiary alicyclic amines) is 2. The summed E-state index contributed by atoms with van der Waals surface area (Å²) in [7, 11) is 0. The molecule has 1 unspecified atom stereocenters. The van der Waals surface area contributed by atoms with Gasteiger partial charge >= 0.3 is 0 Å². The Labute approximate surface area is 150 Å². The van der Waals surface area contributed by atoms with Gasteiger partial charge in [0.15, 0.2) is 6.39 Å². The minimum atomic E-state index is -0.290. The van der Waals surface area contributed by atoms with Crippen molar-refractivity contribution >= 4 is 17.7 Å². The van der Waals surface area contributed by atoms with Crippen LogP contribution in [0.4, 0.5) is 0 Å². The first-order valence-corrected chi connectivity index (χ1v) is 8.90. The topological polar surface area (TPSA) is 96.2 Å². The molecule has 3 amide bonds. The molecule has 0 aromatic carbocycles. The van der Waals surface area contributed by atoms with Gasteiger partial charge in [-0.05, 0) is 6.92 Å². The van der Waals surface area contributed by atoms with Gasteiger partial charge in [-0.1, -0.05) is 0 Å². The first kappa shape index (κ1) is 17.0. The monoisotopic (exact) mass is 362 g/mol. The van der Waals surface area contributed by atoms with E-state index in [2.05, 4.69) is 4.98 Å². The van der Waals surface area contributed by atoms with Crippen molar-refractivity contribution in [1.82, 2.24) is 19.7 Å². The SMILES string of the molecule is Cc1ncoc1C(=O)N1CC(N2CC(C(=O)N3CCOCC3)CC2=O)C1. The number of ether oxygens (including phenoxy) is 1. The van der Waals surface area contributed by atoms with Crippen LogP contribution in [-0.2, 0) is 14.3 Å². The lowest BCUT2D eigenvalue weighted by Gasteiger charge is -2.43. The molecule has 0 bridgehead atoms. The number of hydrogen-bond acceptors (Lipinski definition) is 6. The maximum atomic E-state index is 12.6. The van der Waals surface area contributed by atoms with Gasteiger partial charge < -0.3 is 23.9 Å². The van der Waals surface area contributed by atoms with E-state index in [1.165, 1.54) is 6.39 Å². The number of carbonyl (C=O) groups excluding carboxylic acids is 3. The predicted molar refractivity (Wildman–Crippen MR) is 88.2 cm³/mol. The van der Waals surface area contributed by atoms with E-state index in [9.17, 15) is 14.4 Å². The zero-order chi connectivity index (χ0) is 18.3. The van der Waals surface area contributed by atoms with Crippen LogP contribution in [0.3, 0.4) is 0 Å². The fourth-order valence-corrected chi connectivity index (χ4v) is 3.76. The molecule has 3 fully saturated rings. The van der Waals surface area contributed by atoms with E-state index in [0.717, 1.165) is 0 Å². The number of nitrogens with zero attached hydrogens (tertiary/aromatic N) is 4. The number of amides is 3. The standard InChI is InChI=1S/C17H22N4O5/c1-11-15(26-10-18-11)17(24)20-8-13(9-20)21-7-12(6-14(21)22)16(23)19-2-4-25-5-3-19/h10,12-13H,2-9H2,1H3. The third kappa shape index (κ3) is 2.96. The first-order chi connectivity index (χ1) is 12.5. The number of carbonyl (C=O) groups is 3. The molecule has 1 atom stereocenters. The van der Waals surface area contributed by atoms with Crippen LogP contribution in [0.25, 0.3) is 0 Å². The molecule has 1 aromatic rings. The van der Waals surface area contributed by atoms with Crippen LogP contribution in [0.2, 0.25) is 0 Å². The number of aromatic nitrogens is 1. The van der Waals surface area contributed by atoms with E-state index >= 15 is 0 Å². The predicted octanol–water partition coefficient (Wildman–Crippen LogP) is -0.485. The summed E-state index contributed by atoms with van der Waals surface area (Å²) < 4.78 is 10.4. The molecule has 4 heterocycles. The smallest absolute Gasteiger partial charge is 0.291 e. The van der Waals surface area contributed by atoms with E-state index in [4.69, 9.17) is 9.15 Å². The molecule has 3 saturated heterocycles. The highest BCUT2D eigenvalue weighted by molar-refractivity contribution is 5.93. The molecule has 140 valence electrons. The third-order valence-corrected chi connectivity index (χ3v) is 5.36. The highest BCUT2D eigenvalue weighted by atomic mass is 16.5. The molecule has 0 spiro atoms. The molecule has 0 radical (unpaired) electrons. The summed E-state index contributed by atoms with van der Waals surface area (Å²) in [5, 5.41) is 0. The Bertz CT molecular complexity index is 720. The van der Waals surface area contributed by atoms with Crippen molar-refractivity contribution in [1.29, 1.82) is 0 Å². The molecule has 0 aliphatic carbocycles. The largest absolute Gasteiger partial charge is 0.438 e. The molecule has 4 rings (SSSR count). The Morgan fingerprint density at radius 2 is 1.88 bits per heavy atom. The number of morpholine rings is 1. The van der Waals surface area contributed by atoms with Crippen molar-refractivity contribution in [3.63, 3.8) is 0 Å². The Balaban J connectivity index is 1.32. The first-order valence-electron chi connectivity index (χ1n) is 8.90. The zero-order valence-electron chi connectivity index (χ0n) is 14.7. The summed E-state index contributed by atoms with van der Waals surface area (Å²) in [6.45, 7) is 5.36. The maximum Gasteiger partial charge on any atom is 0.291 e. The summed E-state index contributed by atoms with van der Waals surface area (Å²) >= 11 is 0. The molecule has 0 saturated carbocycles. The van der Waals surface area contributed by atoms with Crippen molar-refractivity contribution in [2.75, 3.05) is 45.9 Å². The molecule has 0 N–H and O–H groups in total. The minimum Gasteiger partial charge on any atom is -0.438 e. The van der Waals surface area contributed by atoms with Crippen LogP contribution < -0.4 is 0 Å². The number of hydrogen-bond donors (Lipinski definition) is 0. The van der Waals surface area contributed by atoms with Crippen LogP contribution in [0.15, 0.2) is 10.8 Å². The Morgan fingerprint density at radius 3 is 2.54 bits per heavy atom. The summed E-state index contributed by atoms with van der Waals surface area (Å²) in [6, 6.07) is -0.0304. The third-order valence-electron chi connectivity index (χ3n) is 5.36. The van der Waals surface area contributed by atoms with Gasteiger partial charge in [-0.15, -0.1) is 0 Å². The van der Waals surface area contributed by atoms with E-state index < -0.39 is 0 Å². The lowest BCUT2D eigenvalue weighted by Crippen LogP contribution is -2.61. The molecular formula is C17H22N4O5. The second-order valence-corrected chi connectivity index (χ2v) is 7.02. The molecule has 26 heavy (non-hydrogen) atoms. The van der Waals surface area contributed by atoms with Crippen molar-refractivity contribution < 1.29 is 23.5 Å². The lowest BCUT2D eigenvalue weighted by molar-refractivity contribution is -0.139. The molecule has 3 aliphatic rings. The van der Waals surface area contributed by atoms with E-state index in [1.54, 1.807) is 21.6 Å². The second-order valence-electron chi connectivity index (χ2n) is 7.02. The van der Waals surface area contributed by atoms with Gasteiger partial charge in [0.05, 0.1) is 30.9 Å². The van der Waals surface area contributed by atoms with Crippen LogP contribution >= 0.6 is 0 Å². The van der Waals surface area contributed by atoms with Gasteiger partial charge in [0, 0.05) is 39.1 Å². The van der Waals surface area contributed by atoms with Gasteiger partial charge in [-0.2, -0.15) is 0 Å². The van der Waals surface area contributed by atoms with Crippen LogP contribution in [-0.4, -0.2) is 89.4 Å². The minimum absolute atomic E-state index is 0.00967. The average molecular weight is 362 g/mol. The van der Waals surface area contributed by atoms with Gasteiger partial charge in [0.1, 0.15) is 0 Å². The summed E-state index contributed by atoms with van der Waals surface area (Å²) in [4.78, 5) is 46.4. The van der Waals surface area contributed by atoms with Crippen molar-refractivity contribution in [2.24, 2.45) is 5.92 Å². The van der Waals surface area contributed by atoms with E-state index in [-0.39, 0.29) is 41.9 Å². The van der Waals surface area contributed by atoms with E-state index in [0.29, 0.717) is 51.6 Å². The van der Waals surface area contributed by atoms with Crippen LogP contribution in [0.5, 0.6) is 0 Å². The van der Waals surface area contributed by atoms with Gasteiger partial charge in [-0.3, -0.25) is 14.4 Å². The Hall–Kier alpha value is -2.42. The summed E-state index contributed by atoms with van der Waals surface area (Å²) in [5.41, 5.74) is 0.562. The maximum absolute atomic E-state index is 12.6. The summed E-state index contributed by atoms with van der Waals surface area (Å²) in [5.74, 6) is -0.222. The van der Waals surface area contributed by atoms with Gasteiger partial charge in [-0.25, -0.2) is 4.98 Å². The van der Waals surface area contributed by atoms with Crippen molar-refractivity contribution in [3.8, 4) is 0 Å². The molecule has 9 heteroatoms. The fraction of sp³-hybridized carbons (Fsp3) is 0.647. The van der Waals surface area contributed by atoms with Crippen molar-refractivity contribution in [3.05, 3.63) is 17.8 Å². The number of rotatable bonds is 3. The van der Waals surface area contributed by atoms with Crippen LogP contribution in [0, 0.1) is 12.8 Å². The second kappa shape index (κ2) is 6.71. The Kier molecular flexibility index (Phi) is 4.39. The lowest BCUT2D eigenvalue weighted by atomic mass is 10.1. The highest BCUT2D eigenvalue weighted by Gasteiger charge is 2.45. The quantitative estimate of drug-likeness (QED) is 0.720. The average Bonchev–Trinajstić information content (AvgIpc) is 3.20.